The maximum atomic E-state index is 10.6. The number of nitrogens with zero attached hydrogens (tertiary/aromatic N) is 3. The molecule has 2 N–H and O–H groups in total. The molecule has 0 saturated heterocycles. The van der Waals surface area contributed by atoms with Gasteiger partial charge in [0.05, 0.1) is 11.9 Å². The molecule has 0 bridgehead atoms. The van der Waals surface area contributed by atoms with Gasteiger partial charge in [-0.05, 0) is 29.2 Å². The van der Waals surface area contributed by atoms with Crippen LogP contribution in [-0.4, -0.2) is 25.5 Å². The highest BCUT2D eigenvalue weighted by molar-refractivity contribution is 7.06. The van der Waals surface area contributed by atoms with Crippen LogP contribution in [0.25, 0.3) is 12.2 Å². The Labute approximate surface area is 120 Å². The van der Waals surface area contributed by atoms with Crippen LogP contribution in [0.5, 0.6) is 0 Å². The highest BCUT2D eigenvalue weighted by atomic mass is 32.1. The second-order valence-corrected chi connectivity index (χ2v) is 5.20. The molecule has 2 rings (SSSR count). The minimum atomic E-state index is -1.11. The smallest absolute Gasteiger partial charge is 0.409 e. The first-order valence-electron chi connectivity index (χ1n) is 6.01. The first-order valence-corrected chi connectivity index (χ1v) is 6.78. The largest absolute Gasteiger partial charge is 0.465 e. The van der Waals surface area contributed by atoms with Gasteiger partial charge in [0.15, 0.2) is 0 Å². The van der Waals surface area contributed by atoms with Crippen LogP contribution in [0.3, 0.4) is 0 Å². The molecule has 7 heteroatoms. The molecular formula is C13H14N4O2S. The average molecular weight is 290 g/mol. The van der Waals surface area contributed by atoms with Crippen LogP contribution in [0.1, 0.15) is 36.2 Å². The number of amides is 1. The number of hydrogen-bond donors (Lipinski definition) is 2. The summed E-state index contributed by atoms with van der Waals surface area (Å²) >= 11 is 1.33. The summed E-state index contributed by atoms with van der Waals surface area (Å²) in [7, 11) is 0. The molecule has 0 spiro atoms. The second kappa shape index (κ2) is 6.25. The quantitative estimate of drug-likeness (QED) is 0.901. The molecule has 0 aliphatic heterocycles. The Morgan fingerprint density at radius 3 is 2.85 bits per heavy atom. The van der Waals surface area contributed by atoms with Gasteiger partial charge in [0.2, 0.25) is 0 Å². The number of anilines is 1. The van der Waals surface area contributed by atoms with E-state index in [1.807, 2.05) is 26.0 Å². The zero-order valence-electron chi connectivity index (χ0n) is 11.1. The molecule has 2 aromatic rings. The van der Waals surface area contributed by atoms with E-state index in [9.17, 15) is 4.79 Å². The van der Waals surface area contributed by atoms with Crippen LogP contribution >= 0.6 is 11.5 Å². The third-order valence-electron chi connectivity index (χ3n) is 2.40. The average Bonchev–Trinajstić information content (AvgIpc) is 2.85. The summed E-state index contributed by atoms with van der Waals surface area (Å²) in [5.74, 6) is 1.13. The lowest BCUT2D eigenvalue weighted by Gasteiger charge is -2.00. The molecular weight excluding hydrogens is 276 g/mol. The molecule has 1 amide bonds. The predicted molar refractivity (Wildman–Crippen MR) is 78.8 cm³/mol. The molecule has 0 unspecified atom stereocenters. The summed E-state index contributed by atoms with van der Waals surface area (Å²) in [5.41, 5.74) is 1.22. The van der Waals surface area contributed by atoms with E-state index in [4.69, 9.17) is 5.11 Å². The fourth-order valence-electron chi connectivity index (χ4n) is 1.46. The highest BCUT2D eigenvalue weighted by Gasteiger charge is 2.05. The molecule has 2 heterocycles. The fraction of sp³-hybridized carbons (Fsp3) is 0.231. The normalized spacial score (nSPS) is 11.2. The van der Waals surface area contributed by atoms with Crippen LogP contribution in [0.4, 0.5) is 10.5 Å². The second-order valence-electron chi connectivity index (χ2n) is 4.42. The predicted octanol–water partition coefficient (Wildman–Crippen LogP) is 3.32. The summed E-state index contributed by atoms with van der Waals surface area (Å²) < 4.78 is 4.26. The molecule has 0 aliphatic rings. The molecule has 0 atom stereocenters. The maximum absolute atomic E-state index is 10.6. The number of pyridine rings is 1. The SMILES string of the molecule is CC(C)c1nsc(C=Cc2cncc(NC(=O)O)c2)n1. The number of aromatic nitrogens is 3. The van der Waals surface area contributed by atoms with Gasteiger partial charge >= 0.3 is 6.09 Å². The van der Waals surface area contributed by atoms with Gasteiger partial charge in [-0.2, -0.15) is 4.37 Å². The zero-order valence-corrected chi connectivity index (χ0v) is 11.9. The van der Waals surface area contributed by atoms with Gasteiger partial charge in [-0.1, -0.05) is 19.9 Å². The molecule has 0 saturated carbocycles. The molecule has 20 heavy (non-hydrogen) atoms. The van der Waals surface area contributed by atoms with Crippen molar-refractivity contribution in [1.29, 1.82) is 0 Å². The Balaban J connectivity index is 2.12. The van der Waals surface area contributed by atoms with Gasteiger partial charge in [0.1, 0.15) is 10.8 Å². The molecule has 104 valence electrons. The topological polar surface area (TPSA) is 88.0 Å². The molecule has 6 nitrogen and oxygen atoms in total. The number of nitrogens with one attached hydrogen (secondary N) is 1. The first kappa shape index (κ1) is 14.1. The van der Waals surface area contributed by atoms with E-state index in [1.54, 1.807) is 12.3 Å². The van der Waals surface area contributed by atoms with Crippen molar-refractivity contribution < 1.29 is 9.90 Å². The number of carboxylic acid groups (broad SMARTS) is 1. The van der Waals surface area contributed by atoms with Crippen molar-refractivity contribution in [3.05, 3.63) is 34.9 Å². The first-order chi connectivity index (χ1) is 9.54. The highest BCUT2D eigenvalue weighted by Crippen LogP contribution is 2.16. The van der Waals surface area contributed by atoms with E-state index in [0.717, 1.165) is 16.4 Å². The van der Waals surface area contributed by atoms with Crippen LogP contribution in [0.2, 0.25) is 0 Å². The van der Waals surface area contributed by atoms with E-state index in [1.165, 1.54) is 17.7 Å². The number of hydrogen-bond acceptors (Lipinski definition) is 5. The molecule has 0 fully saturated rings. The summed E-state index contributed by atoms with van der Waals surface area (Å²) in [6, 6.07) is 1.70. The molecule has 0 aromatic carbocycles. The molecule has 0 radical (unpaired) electrons. The number of rotatable bonds is 4. The van der Waals surface area contributed by atoms with Crippen LogP contribution in [0.15, 0.2) is 18.5 Å². The van der Waals surface area contributed by atoms with Gasteiger partial charge < -0.3 is 5.11 Å². The standard InChI is InChI=1S/C13H14N4O2S/c1-8(2)12-16-11(20-17-12)4-3-9-5-10(7-14-6-9)15-13(18)19/h3-8,15H,1-2H3,(H,18,19). The van der Waals surface area contributed by atoms with Crippen molar-refractivity contribution in [2.45, 2.75) is 19.8 Å². The third kappa shape index (κ3) is 3.86. The summed E-state index contributed by atoms with van der Waals surface area (Å²) in [6.07, 6.45) is 5.65. The zero-order chi connectivity index (χ0) is 14.5. The summed E-state index contributed by atoms with van der Waals surface area (Å²) in [5, 5.41) is 11.7. The van der Waals surface area contributed by atoms with E-state index in [-0.39, 0.29) is 0 Å². The number of carbonyl (C=O) groups is 1. The van der Waals surface area contributed by atoms with E-state index < -0.39 is 6.09 Å². The van der Waals surface area contributed by atoms with Crippen molar-refractivity contribution in [2.24, 2.45) is 0 Å². The minimum Gasteiger partial charge on any atom is -0.465 e. The third-order valence-corrected chi connectivity index (χ3v) is 3.10. The van der Waals surface area contributed by atoms with E-state index in [0.29, 0.717) is 11.6 Å². The lowest BCUT2D eigenvalue weighted by molar-refractivity contribution is 0.209. The Morgan fingerprint density at radius 2 is 2.20 bits per heavy atom. The van der Waals surface area contributed by atoms with Crippen molar-refractivity contribution in [1.82, 2.24) is 14.3 Å². The van der Waals surface area contributed by atoms with Gasteiger partial charge in [-0.15, -0.1) is 0 Å². The van der Waals surface area contributed by atoms with E-state index >= 15 is 0 Å². The summed E-state index contributed by atoms with van der Waals surface area (Å²) in [4.78, 5) is 18.9. The Hall–Kier alpha value is -2.28. The van der Waals surface area contributed by atoms with Crippen LogP contribution in [0, 0.1) is 0 Å². The van der Waals surface area contributed by atoms with Crippen molar-refractivity contribution in [3.63, 3.8) is 0 Å². The van der Waals surface area contributed by atoms with E-state index in [2.05, 4.69) is 19.7 Å². The lowest BCUT2D eigenvalue weighted by atomic mass is 10.2. The Morgan fingerprint density at radius 1 is 1.40 bits per heavy atom. The monoisotopic (exact) mass is 290 g/mol. The van der Waals surface area contributed by atoms with Crippen LogP contribution in [-0.2, 0) is 0 Å². The lowest BCUT2D eigenvalue weighted by Crippen LogP contribution is -2.07. The van der Waals surface area contributed by atoms with Crippen LogP contribution < -0.4 is 5.32 Å². The summed E-state index contributed by atoms with van der Waals surface area (Å²) in [6.45, 7) is 4.08. The fourth-order valence-corrected chi connectivity index (χ4v) is 2.16. The van der Waals surface area contributed by atoms with Crippen molar-refractivity contribution >= 4 is 35.5 Å². The van der Waals surface area contributed by atoms with Gasteiger partial charge in [0, 0.05) is 12.1 Å². The Bertz CT molecular complexity index is 637. The molecule has 0 aliphatic carbocycles. The van der Waals surface area contributed by atoms with Gasteiger partial charge in [-0.25, -0.2) is 9.78 Å². The van der Waals surface area contributed by atoms with Crippen molar-refractivity contribution in [3.8, 4) is 0 Å². The maximum Gasteiger partial charge on any atom is 0.409 e. The minimum absolute atomic E-state index is 0.304. The van der Waals surface area contributed by atoms with Crippen molar-refractivity contribution in [2.75, 3.05) is 5.32 Å². The van der Waals surface area contributed by atoms with Gasteiger partial charge in [0.25, 0.3) is 0 Å². The molecule has 2 aromatic heterocycles. The Kier molecular flexibility index (Phi) is 4.41. The van der Waals surface area contributed by atoms with Gasteiger partial charge in [-0.3, -0.25) is 10.3 Å².